The van der Waals surface area contributed by atoms with Crippen LogP contribution in [0.15, 0.2) is 12.1 Å². The lowest BCUT2D eigenvalue weighted by molar-refractivity contribution is 0.0996. The summed E-state index contributed by atoms with van der Waals surface area (Å²) in [5.74, 6) is 1.05. The smallest absolute Gasteiger partial charge is 0.267 e. The van der Waals surface area contributed by atoms with Crippen LogP contribution in [0.1, 0.15) is 16.9 Å². The van der Waals surface area contributed by atoms with Gasteiger partial charge >= 0.3 is 0 Å². The number of thioether (sulfide) groups is 1. The van der Waals surface area contributed by atoms with Gasteiger partial charge in [-0.3, -0.25) is 4.79 Å². The van der Waals surface area contributed by atoms with Gasteiger partial charge in [-0.15, -0.1) is 0 Å². The Balaban J connectivity index is 2.63. The molecule has 16 heavy (non-hydrogen) atoms. The highest BCUT2D eigenvalue weighted by Crippen LogP contribution is 2.15. The standard InChI is InChI=1S/C10H16N4OS/c1-16-6-2-5-13-10-7(11)3-4-8(14-10)9(12)15/h3-4H,2,5-6,11H2,1H3,(H2,12,15)(H,13,14). The first-order valence-electron chi connectivity index (χ1n) is 4.94. The van der Waals surface area contributed by atoms with Crippen molar-refractivity contribution in [3.63, 3.8) is 0 Å². The normalized spacial score (nSPS) is 10.1. The Morgan fingerprint density at radius 3 is 2.94 bits per heavy atom. The first-order chi connectivity index (χ1) is 7.65. The molecule has 1 amide bonds. The van der Waals surface area contributed by atoms with E-state index in [-0.39, 0.29) is 5.69 Å². The number of carbonyl (C=O) groups excluding carboxylic acids is 1. The molecule has 5 N–H and O–H groups in total. The monoisotopic (exact) mass is 240 g/mol. The van der Waals surface area contributed by atoms with Crippen LogP contribution in [-0.2, 0) is 0 Å². The molecule has 0 fully saturated rings. The van der Waals surface area contributed by atoms with Gasteiger partial charge in [-0.05, 0) is 30.6 Å². The third-order valence-electron chi connectivity index (χ3n) is 2.00. The van der Waals surface area contributed by atoms with E-state index in [0.29, 0.717) is 11.5 Å². The molecule has 0 atom stereocenters. The van der Waals surface area contributed by atoms with Gasteiger partial charge in [0.15, 0.2) is 0 Å². The van der Waals surface area contributed by atoms with Gasteiger partial charge in [0.25, 0.3) is 5.91 Å². The summed E-state index contributed by atoms with van der Waals surface area (Å²) in [5, 5.41) is 3.09. The van der Waals surface area contributed by atoms with Crippen molar-refractivity contribution in [2.75, 3.05) is 29.6 Å². The lowest BCUT2D eigenvalue weighted by atomic mass is 10.3. The van der Waals surface area contributed by atoms with Crippen molar-refractivity contribution in [2.45, 2.75) is 6.42 Å². The second-order valence-electron chi connectivity index (χ2n) is 3.27. The fraction of sp³-hybridized carbons (Fsp3) is 0.400. The van der Waals surface area contributed by atoms with Gasteiger partial charge in [-0.1, -0.05) is 0 Å². The molecule has 1 aromatic heterocycles. The minimum atomic E-state index is -0.549. The third-order valence-corrected chi connectivity index (χ3v) is 2.69. The summed E-state index contributed by atoms with van der Waals surface area (Å²) >= 11 is 1.78. The van der Waals surface area contributed by atoms with Gasteiger partial charge in [-0.25, -0.2) is 4.98 Å². The third kappa shape index (κ3) is 3.62. The fourth-order valence-corrected chi connectivity index (χ4v) is 1.61. The molecule has 0 radical (unpaired) electrons. The minimum Gasteiger partial charge on any atom is -0.396 e. The van der Waals surface area contributed by atoms with Gasteiger partial charge in [-0.2, -0.15) is 11.8 Å². The highest BCUT2D eigenvalue weighted by Gasteiger charge is 2.06. The van der Waals surface area contributed by atoms with E-state index in [1.807, 2.05) is 0 Å². The van der Waals surface area contributed by atoms with Crippen LogP contribution >= 0.6 is 11.8 Å². The zero-order valence-electron chi connectivity index (χ0n) is 9.19. The van der Waals surface area contributed by atoms with E-state index in [1.54, 1.807) is 17.8 Å². The topological polar surface area (TPSA) is 94.0 Å². The molecule has 0 saturated heterocycles. The summed E-state index contributed by atoms with van der Waals surface area (Å²) in [6, 6.07) is 3.15. The molecular formula is C10H16N4OS. The number of nitrogen functional groups attached to an aromatic ring is 1. The Kier molecular flexibility index (Phi) is 4.91. The summed E-state index contributed by atoms with van der Waals surface area (Å²) in [4.78, 5) is 15.0. The summed E-state index contributed by atoms with van der Waals surface area (Å²) in [7, 11) is 0. The van der Waals surface area contributed by atoms with E-state index in [1.165, 1.54) is 6.07 Å². The molecule has 0 spiro atoms. The number of pyridine rings is 1. The molecule has 6 heteroatoms. The second kappa shape index (κ2) is 6.22. The average molecular weight is 240 g/mol. The number of nitrogens with two attached hydrogens (primary N) is 2. The Labute approximate surface area is 99.0 Å². The molecule has 0 unspecified atom stereocenters. The molecule has 1 heterocycles. The molecule has 0 bridgehead atoms. The number of aromatic nitrogens is 1. The van der Waals surface area contributed by atoms with Crippen molar-refractivity contribution in [3.05, 3.63) is 17.8 Å². The maximum atomic E-state index is 10.9. The van der Waals surface area contributed by atoms with E-state index >= 15 is 0 Å². The molecular weight excluding hydrogens is 224 g/mol. The Morgan fingerprint density at radius 2 is 2.31 bits per heavy atom. The maximum Gasteiger partial charge on any atom is 0.267 e. The number of anilines is 2. The molecule has 5 nitrogen and oxygen atoms in total. The second-order valence-corrected chi connectivity index (χ2v) is 4.26. The molecule has 1 rings (SSSR count). The summed E-state index contributed by atoms with van der Waals surface area (Å²) in [5.41, 5.74) is 11.6. The highest BCUT2D eigenvalue weighted by molar-refractivity contribution is 7.98. The molecule has 0 aromatic carbocycles. The number of nitrogens with one attached hydrogen (secondary N) is 1. The lowest BCUT2D eigenvalue weighted by Gasteiger charge is -2.08. The van der Waals surface area contributed by atoms with Crippen LogP contribution in [0.5, 0.6) is 0 Å². The minimum absolute atomic E-state index is 0.224. The fourth-order valence-electron chi connectivity index (χ4n) is 1.17. The molecule has 0 aliphatic carbocycles. The van der Waals surface area contributed by atoms with E-state index in [4.69, 9.17) is 11.5 Å². The molecule has 0 aliphatic rings. The number of carbonyl (C=O) groups is 1. The number of primary amides is 1. The summed E-state index contributed by atoms with van der Waals surface area (Å²) < 4.78 is 0. The van der Waals surface area contributed by atoms with E-state index in [9.17, 15) is 4.79 Å². The van der Waals surface area contributed by atoms with E-state index in [2.05, 4.69) is 16.6 Å². The van der Waals surface area contributed by atoms with Crippen LogP contribution < -0.4 is 16.8 Å². The molecule has 88 valence electrons. The largest absolute Gasteiger partial charge is 0.396 e. The van der Waals surface area contributed by atoms with Crippen molar-refractivity contribution < 1.29 is 4.79 Å². The number of hydrogen-bond donors (Lipinski definition) is 3. The van der Waals surface area contributed by atoms with Crippen LogP contribution in [0.2, 0.25) is 0 Å². The average Bonchev–Trinajstić information content (AvgIpc) is 2.26. The molecule has 0 aliphatic heterocycles. The first-order valence-corrected chi connectivity index (χ1v) is 6.33. The van der Waals surface area contributed by atoms with Crippen molar-refractivity contribution in [1.82, 2.24) is 4.98 Å². The van der Waals surface area contributed by atoms with Crippen molar-refractivity contribution in [2.24, 2.45) is 5.73 Å². The van der Waals surface area contributed by atoms with Crippen LogP contribution in [0.25, 0.3) is 0 Å². The van der Waals surface area contributed by atoms with Gasteiger partial charge < -0.3 is 16.8 Å². The zero-order chi connectivity index (χ0) is 12.0. The van der Waals surface area contributed by atoms with Crippen molar-refractivity contribution in [3.8, 4) is 0 Å². The SMILES string of the molecule is CSCCCNc1nc(C(N)=O)ccc1N. The number of rotatable bonds is 6. The van der Waals surface area contributed by atoms with Crippen LogP contribution in [0.4, 0.5) is 11.5 Å². The van der Waals surface area contributed by atoms with Crippen molar-refractivity contribution in [1.29, 1.82) is 0 Å². The maximum absolute atomic E-state index is 10.9. The van der Waals surface area contributed by atoms with Gasteiger partial charge in [0.1, 0.15) is 11.5 Å². The van der Waals surface area contributed by atoms with E-state index in [0.717, 1.165) is 18.7 Å². The lowest BCUT2D eigenvalue weighted by Crippen LogP contribution is -2.15. The van der Waals surface area contributed by atoms with Crippen LogP contribution in [-0.4, -0.2) is 29.4 Å². The predicted octanol–water partition coefficient (Wildman–Crippen LogP) is 0.928. The molecule has 1 aromatic rings. The number of nitrogens with zero attached hydrogens (tertiary/aromatic N) is 1. The summed E-state index contributed by atoms with van der Waals surface area (Å²) in [6.07, 6.45) is 3.07. The van der Waals surface area contributed by atoms with Crippen LogP contribution in [0.3, 0.4) is 0 Å². The number of hydrogen-bond acceptors (Lipinski definition) is 5. The first kappa shape index (κ1) is 12.6. The quantitative estimate of drug-likeness (QED) is 0.643. The van der Waals surface area contributed by atoms with Gasteiger partial charge in [0.05, 0.1) is 5.69 Å². The molecule has 0 saturated carbocycles. The Bertz CT molecular complexity index is 370. The highest BCUT2D eigenvalue weighted by atomic mass is 32.2. The summed E-state index contributed by atoms with van der Waals surface area (Å²) in [6.45, 7) is 0.778. The Hall–Kier alpha value is -1.43. The Morgan fingerprint density at radius 1 is 1.56 bits per heavy atom. The van der Waals surface area contributed by atoms with Crippen molar-refractivity contribution >= 4 is 29.2 Å². The van der Waals surface area contributed by atoms with Gasteiger partial charge in [0.2, 0.25) is 0 Å². The zero-order valence-corrected chi connectivity index (χ0v) is 10.0. The van der Waals surface area contributed by atoms with Crippen LogP contribution in [0, 0.1) is 0 Å². The van der Waals surface area contributed by atoms with E-state index < -0.39 is 5.91 Å². The number of amides is 1. The predicted molar refractivity (Wildman–Crippen MR) is 68.7 cm³/mol. The van der Waals surface area contributed by atoms with Gasteiger partial charge in [0, 0.05) is 6.54 Å².